The number of carbonyl (C=O) groups is 2. The third-order valence-electron chi connectivity index (χ3n) is 3.60. The Morgan fingerprint density at radius 1 is 1.00 bits per heavy atom. The fourth-order valence-electron chi connectivity index (χ4n) is 2.28. The lowest BCUT2D eigenvalue weighted by molar-refractivity contribution is -0.134. The molecule has 2 amide bonds. The lowest BCUT2D eigenvalue weighted by atomic mass is 10.2. The molecule has 0 aromatic heterocycles. The average molecular weight is 343 g/mol. The van der Waals surface area contributed by atoms with Crippen LogP contribution in [0.4, 0.5) is 15.8 Å². The molecular weight excluding hydrogens is 321 g/mol. The van der Waals surface area contributed by atoms with Crippen LogP contribution in [0.1, 0.15) is 13.8 Å². The van der Waals surface area contributed by atoms with Crippen molar-refractivity contribution < 1.29 is 14.0 Å². The fourth-order valence-corrected chi connectivity index (χ4v) is 2.28. The maximum atomic E-state index is 12.9. The molecule has 0 radical (unpaired) electrons. The number of anilines is 2. The van der Waals surface area contributed by atoms with E-state index in [0.717, 1.165) is 5.69 Å². The Labute approximate surface area is 146 Å². The number of amides is 2. The molecule has 2 rings (SSSR count). The molecule has 0 saturated carbocycles. The molecule has 0 aliphatic rings. The van der Waals surface area contributed by atoms with Crippen LogP contribution in [0, 0.1) is 5.82 Å². The first-order valence-electron chi connectivity index (χ1n) is 8.09. The van der Waals surface area contributed by atoms with E-state index in [9.17, 15) is 14.0 Å². The van der Waals surface area contributed by atoms with Crippen LogP contribution in [0.25, 0.3) is 0 Å². The van der Waals surface area contributed by atoms with Crippen molar-refractivity contribution in [2.24, 2.45) is 0 Å². The third-order valence-corrected chi connectivity index (χ3v) is 3.60. The number of rotatable bonds is 7. The van der Waals surface area contributed by atoms with Crippen LogP contribution in [-0.4, -0.2) is 35.8 Å². The number of nitrogens with zero attached hydrogens (tertiary/aromatic N) is 1. The predicted molar refractivity (Wildman–Crippen MR) is 96.8 cm³/mol. The van der Waals surface area contributed by atoms with Crippen molar-refractivity contribution in [3.63, 3.8) is 0 Å². The molecule has 0 heterocycles. The summed E-state index contributed by atoms with van der Waals surface area (Å²) in [5, 5.41) is 5.71. The van der Waals surface area contributed by atoms with Crippen LogP contribution in [0.15, 0.2) is 54.6 Å². The number of benzene rings is 2. The Morgan fingerprint density at radius 2 is 1.64 bits per heavy atom. The largest absolute Gasteiger partial charge is 0.376 e. The van der Waals surface area contributed by atoms with Crippen LogP contribution < -0.4 is 10.6 Å². The van der Waals surface area contributed by atoms with Gasteiger partial charge in [-0.1, -0.05) is 18.2 Å². The Bertz CT molecular complexity index is 702. The lowest BCUT2D eigenvalue weighted by Crippen LogP contribution is -2.44. The monoisotopic (exact) mass is 343 g/mol. The second-order valence-corrected chi connectivity index (χ2v) is 5.89. The highest BCUT2D eigenvalue weighted by atomic mass is 19.1. The number of para-hydroxylation sites is 1. The molecule has 0 unspecified atom stereocenters. The molecule has 0 saturated heterocycles. The van der Waals surface area contributed by atoms with Gasteiger partial charge < -0.3 is 15.5 Å². The van der Waals surface area contributed by atoms with Gasteiger partial charge in [-0.05, 0) is 50.2 Å². The minimum absolute atomic E-state index is 0.0651. The SMILES string of the molecule is CC(C)N(CC(=O)Nc1ccc(F)cc1)C(=O)CNc1ccccc1. The molecular formula is C19H22FN3O2. The van der Waals surface area contributed by atoms with Crippen LogP contribution in [0.2, 0.25) is 0 Å². The van der Waals surface area contributed by atoms with Gasteiger partial charge in [-0.25, -0.2) is 4.39 Å². The van der Waals surface area contributed by atoms with Crippen molar-refractivity contribution in [2.75, 3.05) is 23.7 Å². The minimum atomic E-state index is -0.371. The van der Waals surface area contributed by atoms with Crippen molar-refractivity contribution in [1.82, 2.24) is 4.90 Å². The average Bonchev–Trinajstić information content (AvgIpc) is 2.60. The van der Waals surface area contributed by atoms with E-state index in [2.05, 4.69) is 10.6 Å². The molecule has 0 aliphatic carbocycles. The Hall–Kier alpha value is -2.89. The van der Waals surface area contributed by atoms with E-state index in [4.69, 9.17) is 0 Å². The molecule has 25 heavy (non-hydrogen) atoms. The third kappa shape index (κ3) is 5.91. The molecule has 0 fully saturated rings. The first kappa shape index (κ1) is 18.4. The van der Waals surface area contributed by atoms with E-state index in [0.29, 0.717) is 5.69 Å². The van der Waals surface area contributed by atoms with Gasteiger partial charge in [-0.15, -0.1) is 0 Å². The van der Waals surface area contributed by atoms with Gasteiger partial charge >= 0.3 is 0 Å². The van der Waals surface area contributed by atoms with Crippen LogP contribution >= 0.6 is 0 Å². The smallest absolute Gasteiger partial charge is 0.244 e. The van der Waals surface area contributed by atoms with Gasteiger partial charge in [0, 0.05) is 17.4 Å². The van der Waals surface area contributed by atoms with Crippen LogP contribution in [0.5, 0.6) is 0 Å². The van der Waals surface area contributed by atoms with Crippen molar-refractivity contribution in [3.8, 4) is 0 Å². The lowest BCUT2D eigenvalue weighted by Gasteiger charge is -2.26. The zero-order chi connectivity index (χ0) is 18.2. The van der Waals surface area contributed by atoms with Crippen LogP contribution in [-0.2, 0) is 9.59 Å². The van der Waals surface area contributed by atoms with E-state index in [1.165, 1.54) is 29.2 Å². The van der Waals surface area contributed by atoms with E-state index in [-0.39, 0.29) is 36.8 Å². The summed E-state index contributed by atoms with van der Waals surface area (Å²) in [5.74, 6) is -0.870. The summed E-state index contributed by atoms with van der Waals surface area (Å²) < 4.78 is 12.9. The van der Waals surface area contributed by atoms with Gasteiger partial charge in [0.05, 0.1) is 6.54 Å². The first-order chi connectivity index (χ1) is 12.0. The summed E-state index contributed by atoms with van der Waals surface area (Å²) in [6, 6.07) is 14.8. The maximum absolute atomic E-state index is 12.9. The van der Waals surface area contributed by atoms with Gasteiger partial charge in [0.1, 0.15) is 12.4 Å². The Balaban J connectivity index is 1.91. The minimum Gasteiger partial charge on any atom is -0.376 e. The maximum Gasteiger partial charge on any atom is 0.244 e. The molecule has 2 aromatic rings. The standard InChI is InChI=1S/C19H22FN3O2/c1-14(2)23(19(25)12-21-16-6-4-3-5-7-16)13-18(24)22-17-10-8-15(20)9-11-17/h3-11,14,21H,12-13H2,1-2H3,(H,22,24). The zero-order valence-corrected chi connectivity index (χ0v) is 14.3. The summed E-state index contributed by atoms with van der Waals surface area (Å²) in [5.41, 5.74) is 1.33. The van der Waals surface area contributed by atoms with E-state index >= 15 is 0 Å². The van der Waals surface area contributed by atoms with Gasteiger partial charge in [0.2, 0.25) is 11.8 Å². The molecule has 132 valence electrons. The van der Waals surface area contributed by atoms with Gasteiger partial charge in [0.25, 0.3) is 0 Å². The van der Waals surface area contributed by atoms with E-state index in [1.54, 1.807) is 0 Å². The number of hydrogen-bond donors (Lipinski definition) is 2. The number of hydrogen-bond acceptors (Lipinski definition) is 3. The fraction of sp³-hybridized carbons (Fsp3) is 0.263. The summed E-state index contributed by atoms with van der Waals surface area (Å²) in [7, 11) is 0. The van der Waals surface area contributed by atoms with Crippen molar-refractivity contribution in [2.45, 2.75) is 19.9 Å². The summed E-state index contributed by atoms with van der Waals surface area (Å²) in [6.45, 7) is 3.74. The van der Waals surface area contributed by atoms with Crippen molar-refractivity contribution >= 4 is 23.2 Å². The van der Waals surface area contributed by atoms with Gasteiger partial charge in [-0.2, -0.15) is 0 Å². The molecule has 0 aliphatic heterocycles. The molecule has 6 heteroatoms. The van der Waals surface area contributed by atoms with E-state index < -0.39 is 0 Å². The highest BCUT2D eigenvalue weighted by molar-refractivity contribution is 5.95. The number of halogens is 1. The highest BCUT2D eigenvalue weighted by Gasteiger charge is 2.20. The van der Waals surface area contributed by atoms with Crippen LogP contribution in [0.3, 0.4) is 0 Å². The molecule has 2 aromatic carbocycles. The molecule has 5 nitrogen and oxygen atoms in total. The number of carbonyl (C=O) groups excluding carboxylic acids is 2. The Morgan fingerprint density at radius 3 is 2.24 bits per heavy atom. The Kier molecular flexibility index (Phi) is 6.51. The summed E-state index contributed by atoms with van der Waals surface area (Å²) in [6.07, 6.45) is 0. The normalized spacial score (nSPS) is 10.4. The topological polar surface area (TPSA) is 61.4 Å². The summed E-state index contributed by atoms with van der Waals surface area (Å²) in [4.78, 5) is 26.1. The highest BCUT2D eigenvalue weighted by Crippen LogP contribution is 2.09. The first-order valence-corrected chi connectivity index (χ1v) is 8.09. The second kappa shape index (κ2) is 8.82. The molecule has 0 atom stereocenters. The predicted octanol–water partition coefficient (Wildman–Crippen LogP) is 3.11. The molecule has 0 spiro atoms. The zero-order valence-electron chi connectivity index (χ0n) is 14.3. The summed E-state index contributed by atoms with van der Waals surface area (Å²) >= 11 is 0. The van der Waals surface area contributed by atoms with Gasteiger partial charge in [0.15, 0.2) is 0 Å². The van der Waals surface area contributed by atoms with Gasteiger partial charge in [-0.3, -0.25) is 9.59 Å². The van der Waals surface area contributed by atoms with E-state index in [1.807, 2.05) is 44.2 Å². The molecule has 0 bridgehead atoms. The van der Waals surface area contributed by atoms with Crippen molar-refractivity contribution in [1.29, 1.82) is 0 Å². The quantitative estimate of drug-likeness (QED) is 0.812. The number of nitrogens with one attached hydrogen (secondary N) is 2. The second-order valence-electron chi connectivity index (χ2n) is 5.89. The van der Waals surface area contributed by atoms with Crippen molar-refractivity contribution in [3.05, 3.63) is 60.4 Å². The molecule has 2 N–H and O–H groups in total.